The van der Waals surface area contributed by atoms with Crippen LogP contribution in [0.15, 0.2) is 5.03 Å². The molecule has 2 heterocycles. The summed E-state index contributed by atoms with van der Waals surface area (Å²) in [6.07, 6.45) is 0. The predicted molar refractivity (Wildman–Crippen MR) is 72.2 cm³/mol. The van der Waals surface area contributed by atoms with E-state index < -0.39 is 10.0 Å². The molecule has 2 rings (SSSR count). The first-order valence-electron chi connectivity index (χ1n) is 5.83. The van der Waals surface area contributed by atoms with Gasteiger partial charge in [0, 0.05) is 42.4 Å². The third-order valence-electron chi connectivity index (χ3n) is 2.94. The lowest BCUT2D eigenvalue weighted by molar-refractivity contribution is 0.440. The van der Waals surface area contributed by atoms with Gasteiger partial charge in [0.1, 0.15) is 0 Å². The fourth-order valence-corrected chi connectivity index (χ4v) is 4.68. The van der Waals surface area contributed by atoms with Gasteiger partial charge in [-0.05, 0) is 14.0 Å². The smallest absolute Gasteiger partial charge is 0.262 e. The average molecular weight is 290 g/mol. The van der Waals surface area contributed by atoms with Gasteiger partial charge in [0.15, 0.2) is 5.03 Å². The Hall–Kier alpha value is -0.570. The van der Waals surface area contributed by atoms with Crippen molar-refractivity contribution >= 4 is 21.8 Å². The molecule has 8 heteroatoms. The maximum absolute atomic E-state index is 12.5. The van der Waals surface area contributed by atoms with Crippen molar-refractivity contribution in [1.82, 2.24) is 19.8 Å². The number of nitrogens with zero attached hydrogens (tertiary/aromatic N) is 2. The summed E-state index contributed by atoms with van der Waals surface area (Å²) in [6.45, 7) is 3.47. The molecule has 0 radical (unpaired) electrons. The number of aryl methyl sites for hydroxylation is 1. The molecule has 1 aliphatic heterocycles. The fraction of sp³-hybridized carbons (Fsp3) is 0.700. The van der Waals surface area contributed by atoms with Crippen LogP contribution in [0.3, 0.4) is 0 Å². The molecule has 102 valence electrons. The van der Waals surface area contributed by atoms with E-state index in [9.17, 15) is 8.42 Å². The standard InChI is InChI=1S/C10H18N4O2S2/c1-8-9(7-11-2)10(13-12-8)18(15,16)14-3-5-17-6-4-14/h11H,3-7H2,1-2H3,(H,12,13). The highest BCUT2D eigenvalue weighted by Crippen LogP contribution is 2.23. The highest BCUT2D eigenvalue weighted by Gasteiger charge is 2.31. The minimum Gasteiger partial charge on any atom is -0.316 e. The molecule has 1 fully saturated rings. The van der Waals surface area contributed by atoms with Crippen LogP contribution in [0.5, 0.6) is 0 Å². The van der Waals surface area contributed by atoms with Crippen LogP contribution in [-0.2, 0) is 16.6 Å². The molecule has 0 amide bonds. The summed E-state index contributed by atoms with van der Waals surface area (Å²) in [5, 5.41) is 9.89. The molecule has 1 aliphatic rings. The highest BCUT2D eigenvalue weighted by atomic mass is 32.2. The van der Waals surface area contributed by atoms with E-state index in [0.717, 1.165) is 22.8 Å². The minimum atomic E-state index is -3.46. The van der Waals surface area contributed by atoms with E-state index in [1.54, 1.807) is 18.8 Å². The van der Waals surface area contributed by atoms with Crippen LogP contribution in [0.25, 0.3) is 0 Å². The van der Waals surface area contributed by atoms with Gasteiger partial charge in [-0.2, -0.15) is 21.2 Å². The number of H-pyrrole nitrogens is 1. The fourth-order valence-electron chi connectivity index (χ4n) is 1.94. The quantitative estimate of drug-likeness (QED) is 0.827. The van der Waals surface area contributed by atoms with E-state index in [-0.39, 0.29) is 5.03 Å². The molecular weight excluding hydrogens is 272 g/mol. The van der Waals surface area contributed by atoms with E-state index in [1.807, 2.05) is 6.92 Å². The van der Waals surface area contributed by atoms with Gasteiger partial charge in [0.25, 0.3) is 10.0 Å². The summed E-state index contributed by atoms with van der Waals surface area (Å²) in [6, 6.07) is 0. The second kappa shape index (κ2) is 5.60. The van der Waals surface area contributed by atoms with Crippen molar-refractivity contribution in [3.63, 3.8) is 0 Å². The van der Waals surface area contributed by atoms with Gasteiger partial charge in [-0.25, -0.2) is 8.42 Å². The van der Waals surface area contributed by atoms with Gasteiger partial charge in [0.2, 0.25) is 0 Å². The van der Waals surface area contributed by atoms with Crippen LogP contribution in [0, 0.1) is 6.92 Å². The number of aromatic amines is 1. The minimum absolute atomic E-state index is 0.168. The van der Waals surface area contributed by atoms with Gasteiger partial charge in [-0.3, -0.25) is 5.10 Å². The molecule has 2 N–H and O–H groups in total. The molecule has 0 spiro atoms. The topological polar surface area (TPSA) is 78.1 Å². The molecule has 1 saturated heterocycles. The maximum Gasteiger partial charge on any atom is 0.262 e. The Balaban J connectivity index is 2.34. The molecule has 0 saturated carbocycles. The second-order valence-electron chi connectivity index (χ2n) is 4.18. The summed E-state index contributed by atoms with van der Waals surface area (Å²) in [4.78, 5) is 0. The van der Waals surface area contributed by atoms with Crippen LogP contribution in [-0.4, -0.2) is 54.6 Å². The molecule has 6 nitrogen and oxygen atoms in total. The number of hydrogen-bond donors (Lipinski definition) is 2. The molecule has 0 aliphatic carbocycles. The summed E-state index contributed by atoms with van der Waals surface area (Å²) >= 11 is 1.78. The van der Waals surface area contributed by atoms with Crippen LogP contribution < -0.4 is 5.32 Å². The largest absolute Gasteiger partial charge is 0.316 e. The second-order valence-corrected chi connectivity index (χ2v) is 7.26. The van der Waals surface area contributed by atoms with Crippen molar-refractivity contribution in [3.05, 3.63) is 11.3 Å². The van der Waals surface area contributed by atoms with Crippen LogP contribution >= 0.6 is 11.8 Å². The van der Waals surface area contributed by atoms with Gasteiger partial charge in [-0.15, -0.1) is 0 Å². The van der Waals surface area contributed by atoms with Gasteiger partial charge in [-0.1, -0.05) is 0 Å². The molecule has 0 atom stereocenters. The van der Waals surface area contributed by atoms with Crippen LogP contribution in [0.4, 0.5) is 0 Å². The van der Waals surface area contributed by atoms with Crippen molar-refractivity contribution in [1.29, 1.82) is 0 Å². The zero-order valence-electron chi connectivity index (χ0n) is 10.6. The van der Waals surface area contributed by atoms with E-state index in [0.29, 0.717) is 19.6 Å². The van der Waals surface area contributed by atoms with Gasteiger partial charge >= 0.3 is 0 Å². The van der Waals surface area contributed by atoms with Crippen LogP contribution in [0.2, 0.25) is 0 Å². The number of thioether (sulfide) groups is 1. The Bertz CT molecular complexity index is 506. The molecule has 1 aromatic heterocycles. The van der Waals surface area contributed by atoms with E-state index in [4.69, 9.17) is 0 Å². The number of rotatable bonds is 4. The zero-order chi connectivity index (χ0) is 13.2. The van der Waals surface area contributed by atoms with Crippen molar-refractivity contribution < 1.29 is 8.42 Å². The molecule has 1 aromatic rings. The molecule has 0 unspecified atom stereocenters. The first-order valence-corrected chi connectivity index (χ1v) is 8.43. The monoisotopic (exact) mass is 290 g/mol. The summed E-state index contributed by atoms with van der Waals surface area (Å²) in [7, 11) is -1.66. The van der Waals surface area contributed by atoms with Crippen molar-refractivity contribution in [2.24, 2.45) is 0 Å². The van der Waals surface area contributed by atoms with E-state index >= 15 is 0 Å². The maximum atomic E-state index is 12.5. The Kier molecular flexibility index (Phi) is 4.31. The van der Waals surface area contributed by atoms with Crippen molar-refractivity contribution in [2.75, 3.05) is 31.6 Å². The summed E-state index contributed by atoms with van der Waals surface area (Å²) < 4.78 is 26.5. The van der Waals surface area contributed by atoms with Gasteiger partial charge < -0.3 is 5.32 Å². The Morgan fingerprint density at radius 1 is 1.44 bits per heavy atom. The number of nitrogens with one attached hydrogen (secondary N) is 2. The third kappa shape index (κ3) is 2.56. The highest BCUT2D eigenvalue weighted by molar-refractivity contribution is 7.99. The van der Waals surface area contributed by atoms with E-state index in [2.05, 4.69) is 15.5 Å². The number of sulfonamides is 1. The third-order valence-corrected chi connectivity index (χ3v) is 5.76. The molecule has 0 aromatic carbocycles. The molecular formula is C10H18N4O2S2. The zero-order valence-corrected chi connectivity index (χ0v) is 12.2. The summed E-state index contributed by atoms with van der Waals surface area (Å²) in [5.41, 5.74) is 1.53. The first kappa shape index (κ1) is 13.9. The molecule has 0 bridgehead atoms. The van der Waals surface area contributed by atoms with Crippen molar-refractivity contribution in [3.8, 4) is 0 Å². The first-order chi connectivity index (χ1) is 8.57. The predicted octanol–water partition coefficient (Wildman–Crippen LogP) is 0.175. The lowest BCUT2D eigenvalue weighted by Gasteiger charge is -2.25. The van der Waals surface area contributed by atoms with Gasteiger partial charge in [0.05, 0.1) is 0 Å². The Labute approximate surface area is 112 Å². The Morgan fingerprint density at radius 3 is 2.72 bits per heavy atom. The number of hydrogen-bond acceptors (Lipinski definition) is 5. The number of aromatic nitrogens is 2. The van der Waals surface area contributed by atoms with E-state index in [1.165, 1.54) is 4.31 Å². The normalized spacial score (nSPS) is 18.1. The van der Waals surface area contributed by atoms with Crippen LogP contribution in [0.1, 0.15) is 11.3 Å². The van der Waals surface area contributed by atoms with Crippen molar-refractivity contribution in [2.45, 2.75) is 18.5 Å². The lowest BCUT2D eigenvalue weighted by atomic mass is 10.3. The summed E-state index contributed by atoms with van der Waals surface area (Å²) in [5.74, 6) is 1.70. The lowest BCUT2D eigenvalue weighted by Crippen LogP contribution is -2.38. The Morgan fingerprint density at radius 2 is 2.11 bits per heavy atom. The SMILES string of the molecule is CNCc1c(S(=O)(=O)N2CCSCC2)n[nH]c1C. The average Bonchev–Trinajstić information content (AvgIpc) is 2.73. The molecule has 18 heavy (non-hydrogen) atoms.